The first-order valence-corrected chi connectivity index (χ1v) is 7.69. The molecule has 3 heteroatoms. The van der Waals surface area contributed by atoms with Crippen LogP contribution in [0.1, 0.15) is 10.4 Å². The number of hydrogen-bond donors (Lipinski definition) is 1. The van der Waals surface area contributed by atoms with Crippen LogP contribution in [0.5, 0.6) is 0 Å². The zero-order valence-electron chi connectivity index (χ0n) is 12.1. The molecule has 0 radical (unpaired) electrons. The Hall–Kier alpha value is -1.42. The summed E-state index contributed by atoms with van der Waals surface area (Å²) in [4.78, 5) is 3.78. The predicted octanol–water partition coefficient (Wildman–Crippen LogP) is 3.79. The van der Waals surface area contributed by atoms with Crippen molar-refractivity contribution in [3.63, 3.8) is 0 Å². The summed E-state index contributed by atoms with van der Waals surface area (Å²) in [5.41, 5.74) is 1.43. The highest BCUT2D eigenvalue weighted by Crippen LogP contribution is 2.32. The van der Waals surface area contributed by atoms with Crippen LogP contribution < -0.4 is 5.32 Å². The fourth-order valence-corrected chi connectivity index (χ4v) is 3.65. The van der Waals surface area contributed by atoms with Crippen molar-refractivity contribution in [2.24, 2.45) is 0 Å². The molecule has 2 rings (SSSR count). The molecule has 0 bridgehead atoms. The van der Waals surface area contributed by atoms with Gasteiger partial charge in [0.15, 0.2) is 0 Å². The highest BCUT2D eigenvalue weighted by atomic mass is 32.1. The molecule has 0 amide bonds. The molecule has 20 heavy (non-hydrogen) atoms. The molecular weight excluding hydrogens is 264 g/mol. The van der Waals surface area contributed by atoms with Crippen LogP contribution >= 0.6 is 11.3 Å². The van der Waals surface area contributed by atoms with E-state index in [1.807, 2.05) is 30.5 Å². The molecule has 1 N–H and O–H groups in total. The molecule has 0 spiro atoms. The fourth-order valence-electron chi connectivity index (χ4n) is 2.42. The van der Waals surface area contributed by atoms with Gasteiger partial charge in [-0.2, -0.15) is 0 Å². The molecule has 2 aromatic rings. The number of thiophene rings is 1. The molecule has 2 nitrogen and oxygen atoms in total. The van der Waals surface area contributed by atoms with Crippen molar-refractivity contribution < 1.29 is 0 Å². The van der Waals surface area contributed by atoms with Gasteiger partial charge >= 0.3 is 0 Å². The quantitative estimate of drug-likeness (QED) is 0.743. The first-order valence-electron chi connectivity index (χ1n) is 6.88. The van der Waals surface area contributed by atoms with E-state index >= 15 is 0 Å². The molecule has 0 fully saturated rings. The van der Waals surface area contributed by atoms with Crippen molar-refractivity contribution in [1.82, 2.24) is 10.2 Å². The average Bonchev–Trinajstić information content (AvgIpc) is 2.78. The fraction of sp³-hybridized carbons (Fsp3) is 0.294. The Labute approximate surface area is 125 Å². The van der Waals surface area contributed by atoms with E-state index in [-0.39, 0.29) is 0 Å². The predicted molar refractivity (Wildman–Crippen MR) is 90.3 cm³/mol. The molecule has 0 aliphatic heterocycles. The van der Waals surface area contributed by atoms with Crippen LogP contribution in [0.25, 0.3) is 10.1 Å². The van der Waals surface area contributed by atoms with Gasteiger partial charge in [0.1, 0.15) is 0 Å². The van der Waals surface area contributed by atoms with Gasteiger partial charge in [0.25, 0.3) is 0 Å². The third-order valence-corrected chi connectivity index (χ3v) is 4.49. The molecule has 0 saturated heterocycles. The molecule has 0 aliphatic rings. The minimum Gasteiger partial charge on any atom is -0.315 e. The van der Waals surface area contributed by atoms with Crippen molar-refractivity contribution in [3.8, 4) is 0 Å². The zero-order chi connectivity index (χ0) is 14.4. The Morgan fingerprint density at radius 2 is 1.90 bits per heavy atom. The van der Waals surface area contributed by atoms with Gasteiger partial charge in [-0.3, -0.25) is 4.90 Å². The molecule has 0 saturated carbocycles. The second-order valence-electron chi connectivity index (χ2n) is 4.80. The van der Waals surface area contributed by atoms with Gasteiger partial charge in [-0.25, -0.2) is 0 Å². The topological polar surface area (TPSA) is 15.3 Å². The monoisotopic (exact) mass is 286 g/mol. The smallest absolute Gasteiger partial charge is 0.0349 e. The summed E-state index contributed by atoms with van der Waals surface area (Å²) in [5, 5.41) is 4.65. The summed E-state index contributed by atoms with van der Waals surface area (Å²) < 4.78 is 1.37. The third kappa shape index (κ3) is 3.37. The van der Waals surface area contributed by atoms with Crippen LogP contribution in [0.3, 0.4) is 0 Å². The highest BCUT2D eigenvalue weighted by molar-refractivity contribution is 7.19. The molecule has 0 aliphatic carbocycles. The van der Waals surface area contributed by atoms with Crippen LogP contribution in [0.15, 0.2) is 49.6 Å². The van der Waals surface area contributed by atoms with Gasteiger partial charge in [0, 0.05) is 35.8 Å². The minimum absolute atomic E-state index is 0.884. The van der Waals surface area contributed by atoms with E-state index in [9.17, 15) is 0 Å². The number of nitrogens with zero attached hydrogens (tertiary/aromatic N) is 1. The second-order valence-corrected chi connectivity index (χ2v) is 5.94. The molecule has 1 aromatic carbocycles. The normalized spacial score (nSPS) is 11.1. The SMILES string of the molecule is C=CCN(CC=C)Cc1c(CNC)sc2ccccc12. The van der Waals surface area contributed by atoms with Gasteiger partial charge in [-0.15, -0.1) is 24.5 Å². The van der Waals surface area contributed by atoms with E-state index in [0.717, 1.165) is 26.2 Å². The average molecular weight is 286 g/mol. The Morgan fingerprint density at radius 3 is 2.55 bits per heavy atom. The summed E-state index contributed by atoms with van der Waals surface area (Å²) >= 11 is 1.89. The zero-order valence-corrected chi connectivity index (χ0v) is 12.9. The lowest BCUT2D eigenvalue weighted by molar-refractivity contribution is 0.328. The first kappa shape index (κ1) is 15.0. The number of rotatable bonds is 8. The standard InChI is InChI=1S/C17H22N2S/c1-4-10-19(11-5-2)13-15-14-8-6-7-9-16(14)20-17(15)12-18-3/h4-9,18H,1-2,10-13H2,3H3. The molecular formula is C17H22N2S. The van der Waals surface area contributed by atoms with Crippen molar-refractivity contribution in [3.05, 3.63) is 60.0 Å². The maximum atomic E-state index is 3.85. The van der Waals surface area contributed by atoms with Crippen LogP contribution in [-0.2, 0) is 13.1 Å². The minimum atomic E-state index is 0.884. The van der Waals surface area contributed by atoms with E-state index < -0.39 is 0 Å². The van der Waals surface area contributed by atoms with Crippen LogP contribution in [0.4, 0.5) is 0 Å². The number of fused-ring (bicyclic) bond motifs is 1. The van der Waals surface area contributed by atoms with Crippen LogP contribution in [0.2, 0.25) is 0 Å². The Morgan fingerprint density at radius 1 is 1.20 bits per heavy atom. The number of benzene rings is 1. The van der Waals surface area contributed by atoms with Crippen molar-refractivity contribution in [2.45, 2.75) is 13.1 Å². The lowest BCUT2D eigenvalue weighted by Crippen LogP contribution is -2.24. The highest BCUT2D eigenvalue weighted by Gasteiger charge is 2.13. The van der Waals surface area contributed by atoms with Crippen molar-refractivity contribution in [1.29, 1.82) is 0 Å². The van der Waals surface area contributed by atoms with Gasteiger partial charge in [0.2, 0.25) is 0 Å². The summed E-state index contributed by atoms with van der Waals surface area (Å²) in [5.74, 6) is 0. The first-order chi connectivity index (χ1) is 9.80. The van der Waals surface area contributed by atoms with Gasteiger partial charge in [0.05, 0.1) is 0 Å². The lowest BCUT2D eigenvalue weighted by Gasteiger charge is -2.19. The Kier molecular flexibility index (Phi) is 5.53. The largest absolute Gasteiger partial charge is 0.315 e. The summed E-state index contributed by atoms with van der Waals surface area (Å²) in [7, 11) is 2.00. The van der Waals surface area contributed by atoms with Gasteiger partial charge < -0.3 is 5.32 Å². The second kappa shape index (κ2) is 7.39. The molecule has 1 aromatic heterocycles. The van der Waals surface area contributed by atoms with Gasteiger partial charge in [-0.05, 0) is 24.1 Å². The van der Waals surface area contributed by atoms with Crippen LogP contribution in [-0.4, -0.2) is 25.0 Å². The summed E-state index contributed by atoms with van der Waals surface area (Å²) in [6, 6.07) is 8.65. The van der Waals surface area contributed by atoms with Crippen molar-refractivity contribution >= 4 is 21.4 Å². The molecule has 106 valence electrons. The van der Waals surface area contributed by atoms with E-state index in [4.69, 9.17) is 0 Å². The molecule has 0 unspecified atom stereocenters. The van der Waals surface area contributed by atoms with E-state index in [1.165, 1.54) is 20.5 Å². The summed E-state index contributed by atoms with van der Waals surface area (Å²) in [6.45, 7) is 11.3. The van der Waals surface area contributed by atoms with Crippen LogP contribution in [0, 0.1) is 0 Å². The number of hydrogen-bond acceptors (Lipinski definition) is 3. The lowest BCUT2D eigenvalue weighted by atomic mass is 10.1. The Balaban J connectivity index is 2.36. The number of nitrogens with one attached hydrogen (secondary N) is 1. The maximum Gasteiger partial charge on any atom is 0.0349 e. The molecule has 0 atom stereocenters. The maximum absolute atomic E-state index is 3.85. The molecule has 1 heterocycles. The van der Waals surface area contributed by atoms with Crippen molar-refractivity contribution in [2.75, 3.05) is 20.1 Å². The van der Waals surface area contributed by atoms with E-state index in [2.05, 4.69) is 47.6 Å². The summed E-state index contributed by atoms with van der Waals surface area (Å²) in [6.07, 6.45) is 3.91. The van der Waals surface area contributed by atoms with Gasteiger partial charge in [-0.1, -0.05) is 30.4 Å². The Bertz CT molecular complexity index is 576. The van der Waals surface area contributed by atoms with E-state index in [1.54, 1.807) is 0 Å². The van der Waals surface area contributed by atoms with E-state index in [0.29, 0.717) is 0 Å². The third-order valence-electron chi connectivity index (χ3n) is 3.28.